The molecule has 0 fully saturated rings. The third-order valence-electron chi connectivity index (χ3n) is 5.90. The molecule has 32 heavy (non-hydrogen) atoms. The van der Waals surface area contributed by atoms with E-state index in [4.69, 9.17) is 4.74 Å². The summed E-state index contributed by atoms with van der Waals surface area (Å²) in [6.45, 7) is 6.65. The molecule has 0 radical (unpaired) electrons. The highest BCUT2D eigenvalue weighted by Crippen LogP contribution is 2.36. The van der Waals surface area contributed by atoms with E-state index in [2.05, 4.69) is 89.6 Å². The Kier molecular flexibility index (Phi) is 6.48. The molecule has 0 aliphatic carbocycles. The number of benzene rings is 4. The molecule has 0 unspecified atom stereocenters. The Morgan fingerprint density at radius 3 is 2.22 bits per heavy atom. The molecule has 0 saturated heterocycles. The molecule has 1 N–H and O–H groups in total. The second kappa shape index (κ2) is 9.46. The Balaban J connectivity index is 0.00000245. The number of ether oxygens (including phenoxy) is 1. The van der Waals surface area contributed by atoms with Gasteiger partial charge < -0.3 is 22.5 Å². The van der Waals surface area contributed by atoms with Crippen molar-refractivity contribution >= 4 is 27.9 Å². The second-order valence-electron chi connectivity index (χ2n) is 7.78. The molecular formula is C28H27ClN2O. The van der Waals surface area contributed by atoms with Crippen LogP contribution in [0.25, 0.3) is 10.8 Å². The van der Waals surface area contributed by atoms with E-state index in [0.717, 1.165) is 24.5 Å². The predicted octanol–water partition coefficient (Wildman–Crippen LogP) is 3.37. The molecule has 162 valence electrons. The maximum absolute atomic E-state index is 5.52. The lowest BCUT2D eigenvalue weighted by molar-refractivity contribution is -0.431. The third kappa shape index (κ3) is 3.96. The summed E-state index contributed by atoms with van der Waals surface area (Å²) in [5.41, 5.74) is 7.53. The lowest BCUT2D eigenvalue weighted by Crippen LogP contribution is -3.00. The number of anilines is 1. The maximum Gasteiger partial charge on any atom is 0.221 e. The molecule has 0 bridgehead atoms. The SMILES string of the molecule is CCOc1ccc(CNc2ccc(C3=[N+](CC)c4cccc5cccc3c45)cc2)cc1.[Cl-]. The van der Waals surface area contributed by atoms with Crippen molar-refractivity contribution in [1.82, 2.24) is 0 Å². The van der Waals surface area contributed by atoms with Crippen molar-refractivity contribution in [3.05, 3.63) is 102 Å². The van der Waals surface area contributed by atoms with Crippen molar-refractivity contribution in [3.63, 3.8) is 0 Å². The Morgan fingerprint density at radius 1 is 0.812 bits per heavy atom. The van der Waals surface area contributed by atoms with Gasteiger partial charge in [-0.25, -0.2) is 0 Å². The molecule has 1 aliphatic rings. The summed E-state index contributed by atoms with van der Waals surface area (Å²) in [6, 6.07) is 30.3. The van der Waals surface area contributed by atoms with Crippen molar-refractivity contribution in [2.45, 2.75) is 20.4 Å². The van der Waals surface area contributed by atoms with Gasteiger partial charge in [0.05, 0.1) is 17.6 Å². The van der Waals surface area contributed by atoms with Crippen LogP contribution in [0.15, 0.2) is 84.9 Å². The van der Waals surface area contributed by atoms with Gasteiger partial charge in [0.1, 0.15) is 12.3 Å². The number of hydrogen-bond donors (Lipinski definition) is 1. The third-order valence-corrected chi connectivity index (χ3v) is 5.90. The van der Waals surface area contributed by atoms with Gasteiger partial charge >= 0.3 is 0 Å². The summed E-state index contributed by atoms with van der Waals surface area (Å²) < 4.78 is 7.95. The first kappa shape index (κ1) is 21.9. The molecule has 4 heteroatoms. The topological polar surface area (TPSA) is 24.3 Å². The van der Waals surface area contributed by atoms with Gasteiger partial charge in [-0.3, -0.25) is 0 Å². The van der Waals surface area contributed by atoms with Crippen molar-refractivity contribution in [1.29, 1.82) is 0 Å². The summed E-state index contributed by atoms with van der Waals surface area (Å²) >= 11 is 0. The average Bonchev–Trinajstić information content (AvgIpc) is 3.15. The molecule has 0 amide bonds. The fraction of sp³-hybridized carbons (Fsp3) is 0.179. The molecule has 0 atom stereocenters. The van der Waals surface area contributed by atoms with Gasteiger partial charge in [-0.05, 0) is 67.3 Å². The number of halogens is 1. The van der Waals surface area contributed by atoms with Gasteiger partial charge in [0.25, 0.3) is 0 Å². The monoisotopic (exact) mass is 442 g/mol. The van der Waals surface area contributed by atoms with E-state index in [0.29, 0.717) is 6.61 Å². The quantitative estimate of drug-likeness (QED) is 0.444. The van der Waals surface area contributed by atoms with Gasteiger partial charge in [-0.2, -0.15) is 4.58 Å². The Labute approximate surface area is 195 Å². The summed E-state index contributed by atoms with van der Waals surface area (Å²) in [7, 11) is 0. The van der Waals surface area contributed by atoms with Gasteiger partial charge in [-0.1, -0.05) is 36.4 Å². The zero-order chi connectivity index (χ0) is 21.2. The van der Waals surface area contributed by atoms with Gasteiger partial charge in [0.2, 0.25) is 11.4 Å². The normalized spacial score (nSPS) is 12.1. The zero-order valence-electron chi connectivity index (χ0n) is 18.4. The molecule has 3 nitrogen and oxygen atoms in total. The Bertz CT molecular complexity index is 1260. The summed E-state index contributed by atoms with van der Waals surface area (Å²) in [6.07, 6.45) is 0. The van der Waals surface area contributed by atoms with Crippen LogP contribution in [-0.4, -0.2) is 23.4 Å². The molecule has 1 aliphatic heterocycles. The fourth-order valence-corrected chi connectivity index (χ4v) is 4.47. The van der Waals surface area contributed by atoms with Crippen LogP contribution in [0.1, 0.15) is 30.5 Å². The van der Waals surface area contributed by atoms with Crippen LogP contribution in [0.4, 0.5) is 11.4 Å². The summed E-state index contributed by atoms with van der Waals surface area (Å²) in [5, 5.41) is 6.19. The minimum Gasteiger partial charge on any atom is -1.00 e. The molecular weight excluding hydrogens is 416 g/mol. The van der Waals surface area contributed by atoms with E-state index in [1.807, 2.05) is 19.1 Å². The number of rotatable bonds is 7. The maximum atomic E-state index is 5.52. The molecule has 4 aromatic carbocycles. The largest absolute Gasteiger partial charge is 1.00 e. The van der Waals surface area contributed by atoms with Crippen molar-refractivity contribution in [2.75, 3.05) is 18.5 Å². The smallest absolute Gasteiger partial charge is 0.221 e. The van der Waals surface area contributed by atoms with Crippen LogP contribution in [-0.2, 0) is 6.54 Å². The minimum atomic E-state index is 0. The molecule has 4 aromatic rings. The van der Waals surface area contributed by atoms with E-state index in [1.165, 1.54) is 38.9 Å². The number of hydrogen-bond acceptors (Lipinski definition) is 2. The van der Waals surface area contributed by atoms with Crippen LogP contribution in [0.3, 0.4) is 0 Å². The van der Waals surface area contributed by atoms with Crippen LogP contribution in [0, 0.1) is 0 Å². The summed E-state index contributed by atoms with van der Waals surface area (Å²) in [5.74, 6) is 0.917. The summed E-state index contributed by atoms with van der Waals surface area (Å²) in [4.78, 5) is 0. The van der Waals surface area contributed by atoms with Gasteiger partial charge in [0, 0.05) is 23.9 Å². The average molecular weight is 443 g/mol. The van der Waals surface area contributed by atoms with Crippen LogP contribution < -0.4 is 22.5 Å². The lowest BCUT2D eigenvalue weighted by Gasteiger charge is -2.09. The fourth-order valence-electron chi connectivity index (χ4n) is 4.47. The second-order valence-corrected chi connectivity index (χ2v) is 7.78. The number of nitrogens with one attached hydrogen (secondary N) is 1. The van der Waals surface area contributed by atoms with Gasteiger partial charge in [0.15, 0.2) is 0 Å². The van der Waals surface area contributed by atoms with Crippen LogP contribution in [0.2, 0.25) is 0 Å². The van der Waals surface area contributed by atoms with E-state index in [-0.39, 0.29) is 12.4 Å². The van der Waals surface area contributed by atoms with E-state index < -0.39 is 0 Å². The van der Waals surface area contributed by atoms with Crippen LogP contribution >= 0.6 is 0 Å². The molecule has 5 rings (SSSR count). The molecule has 0 saturated carbocycles. The van der Waals surface area contributed by atoms with Crippen molar-refractivity contribution < 1.29 is 21.7 Å². The van der Waals surface area contributed by atoms with Gasteiger partial charge in [-0.15, -0.1) is 0 Å². The Hall–Kier alpha value is -3.30. The van der Waals surface area contributed by atoms with Crippen molar-refractivity contribution in [2.24, 2.45) is 0 Å². The van der Waals surface area contributed by atoms with E-state index >= 15 is 0 Å². The first-order valence-electron chi connectivity index (χ1n) is 11.0. The zero-order valence-corrected chi connectivity index (χ0v) is 19.2. The first-order valence-corrected chi connectivity index (χ1v) is 11.0. The van der Waals surface area contributed by atoms with Crippen molar-refractivity contribution in [3.8, 4) is 5.75 Å². The highest BCUT2D eigenvalue weighted by Gasteiger charge is 2.31. The highest BCUT2D eigenvalue weighted by atomic mass is 35.5. The Morgan fingerprint density at radius 2 is 1.53 bits per heavy atom. The number of nitrogens with zero attached hydrogens (tertiary/aromatic N) is 1. The van der Waals surface area contributed by atoms with E-state index in [1.54, 1.807) is 0 Å². The predicted molar refractivity (Wildman–Crippen MR) is 129 cm³/mol. The minimum absolute atomic E-state index is 0. The molecule has 0 aromatic heterocycles. The standard InChI is InChI=1S/C28H26N2O.ClH/c1-3-30-26-10-6-8-21-7-5-9-25(27(21)26)28(30)22-13-15-23(16-14-22)29-19-20-11-17-24(18-12-20)31-4-2;/h5-18H,3-4,19H2,1-2H3;1H. The highest BCUT2D eigenvalue weighted by molar-refractivity contribution is 6.22. The first-order chi connectivity index (χ1) is 15.3. The van der Waals surface area contributed by atoms with Crippen LogP contribution in [0.5, 0.6) is 5.75 Å². The molecule has 1 heterocycles. The van der Waals surface area contributed by atoms with E-state index in [9.17, 15) is 0 Å². The lowest BCUT2D eigenvalue weighted by atomic mass is 9.98. The molecule has 0 spiro atoms.